The van der Waals surface area contributed by atoms with Crippen molar-refractivity contribution in [3.05, 3.63) is 66.4 Å². The Morgan fingerprint density at radius 2 is 2.00 bits per heavy atom. The van der Waals surface area contributed by atoms with Crippen LogP contribution in [-0.2, 0) is 4.74 Å². The number of rotatable bonds is 6. The van der Waals surface area contributed by atoms with Crippen LogP contribution in [0, 0.1) is 6.92 Å². The molecule has 0 aliphatic carbocycles. The van der Waals surface area contributed by atoms with Gasteiger partial charge in [0.25, 0.3) is 0 Å². The smallest absolute Gasteiger partial charge is 0.226 e. The Labute approximate surface area is 175 Å². The second kappa shape index (κ2) is 8.12. The Bertz CT molecular complexity index is 1150. The van der Waals surface area contributed by atoms with E-state index in [9.17, 15) is 0 Å². The number of ether oxygens (including phenoxy) is 1. The Balaban J connectivity index is 1.55. The van der Waals surface area contributed by atoms with Gasteiger partial charge in [-0.3, -0.25) is 0 Å². The molecule has 7 heteroatoms. The molecule has 1 atom stereocenters. The molecule has 0 radical (unpaired) electrons. The van der Waals surface area contributed by atoms with Gasteiger partial charge in [0.15, 0.2) is 5.65 Å². The first-order chi connectivity index (χ1) is 14.8. The van der Waals surface area contributed by atoms with Gasteiger partial charge in [-0.25, -0.2) is 4.68 Å². The zero-order valence-corrected chi connectivity index (χ0v) is 16.9. The number of fused-ring (bicyclic) bond motifs is 1. The molecular weight excluding hydrogens is 376 g/mol. The van der Waals surface area contributed by atoms with Crippen LogP contribution < -0.4 is 10.6 Å². The maximum Gasteiger partial charge on any atom is 0.226 e. The van der Waals surface area contributed by atoms with Gasteiger partial charge in [-0.2, -0.15) is 15.1 Å². The molecule has 3 heterocycles. The largest absolute Gasteiger partial charge is 0.376 e. The summed E-state index contributed by atoms with van der Waals surface area (Å²) in [5.41, 5.74) is 3.87. The molecule has 1 aliphatic heterocycles. The third-order valence-electron chi connectivity index (χ3n) is 5.22. The van der Waals surface area contributed by atoms with E-state index in [0.29, 0.717) is 12.5 Å². The molecule has 7 nitrogen and oxygen atoms in total. The topological polar surface area (TPSA) is 76.9 Å². The van der Waals surface area contributed by atoms with Crippen molar-refractivity contribution in [2.45, 2.75) is 25.9 Å². The molecule has 0 saturated carbocycles. The fourth-order valence-electron chi connectivity index (χ4n) is 3.71. The van der Waals surface area contributed by atoms with E-state index in [2.05, 4.69) is 34.8 Å². The quantitative estimate of drug-likeness (QED) is 0.498. The van der Waals surface area contributed by atoms with Crippen molar-refractivity contribution in [1.82, 2.24) is 19.7 Å². The SMILES string of the molecule is Cc1cccc(Nc2nc(NCC3CCCO3)nc3c2cnn3-c2ccccc2)c1. The lowest BCUT2D eigenvalue weighted by atomic mass is 10.2. The highest BCUT2D eigenvalue weighted by Gasteiger charge is 2.18. The second-order valence-electron chi connectivity index (χ2n) is 7.54. The van der Waals surface area contributed by atoms with E-state index in [0.717, 1.165) is 47.7 Å². The molecule has 0 bridgehead atoms. The van der Waals surface area contributed by atoms with Crippen molar-refractivity contribution in [1.29, 1.82) is 0 Å². The Morgan fingerprint density at radius 3 is 2.80 bits per heavy atom. The third-order valence-corrected chi connectivity index (χ3v) is 5.22. The number of anilines is 3. The van der Waals surface area contributed by atoms with Gasteiger partial charge in [0.2, 0.25) is 5.95 Å². The van der Waals surface area contributed by atoms with E-state index in [1.165, 1.54) is 5.56 Å². The number of benzene rings is 2. The van der Waals surface area contributed by atoms with Crippen LogP contribution in [0.15, 0.2) is 60.8 Å². The second-order valence-corrected chi connectivity index (χ2v) is 7.54. The van der Waals surface area contributed by atoms with Crippen molar-refractivity contribution < 1.29 is 4.74 Å². The molecule has 2 N–H and O–H groups in total. The van der Waals surface area contributed by atoms with Crippen LogP contribution in [0.5, 0.6) is 0 Å². The molecule has 30 heavy (non-hydrogen) atoms. The van der Waals surface area contributed by atoms with E-state index in [1.54, 1.807) is 0 Å². The van der Waals surface area contributed by atoms with E-state index in [-0.39, 0.29) is 6.10 Å². The lowest BCUT2D eigenvalue weighted by molar-refractivity contribution is 0.120. The van der Waals surface area contributed by atoms with E-state index < -0.39 is 0 Å². The summed E-state index contributed by atoms with van der Waals surface area (Å²) in [6, 6.07) is 18.2. The zero-order valence-electron chi connectivity index (χ0n) is 16.9. The van der Waals surface area contributed by atoms with Crippen molar-refractivity contribution in [3.8, 4) is 5.69 Å². The highest BCUT2D eigenvalue weighted by molar-refractivity contribution is 5.90. The summed E-state index contributed by atoms with van der Waals surface area (Å²) >= 11 is 0. The van der Waals surface area contributed by atoms with Crippen LogP contribution in [-0.4, -0.2) is 39.0 Å². The molecular formula is C23H24N6O. The number of hydrogen-bond acceptors (Lipinski definition) is 6. The lowest BCUT2D eigenvalue weighted by Gasteiger charge is -2.13. The molecule has 2 aromatic carbocycles. The number of aromatic nitrogens is 4. The molecule has 1 fully saturated rings. The van der Waals surface area contributed by atoms with Gasteiger partial charge >= 0.3 is 0 Å². The van der Waals surface area contributed by atoms with E-state index >= 15 is 0 Å². The number of hydrogen-bond donors (Lipinski definition) is 2. The predicted octanol–water partition coefficient (Wildman–Crippen LogP) is 4.46. The van der Waals surface area contributed by atoms with Crippen LogP contribution in [0.2, 0.25) is 0 Å². The summed E-state index contributed by atoms with van der Waals surface area (Å²) in [5.74, 6) is 1.29. The maximum atomic E-state index is 5.73. The number of nitrogens with one attached hydrogen (secondary N) is 2. The molecule has 1 unspecified atom stereocenters. The molecule has 0 amide bonds. The first kappa shape index (κ1) is 18.6. The molecule has 152 valence electrons. The minimum Gasteiger partial charge on any atom is -0.376 e. The minimum atomic E-state index is 0.205. The third kappa shape index (κ3) is 3.84. The van der Waals surface area contributed by atoms with Crippen LogP contribution in [0.4, 0.5) is 17.5 Å². The fraction of sp³-hybridized carbons (Fsp3) is 0.261. The van der Waals surface area contributed by atoms with Gasteiger partial charge in [-0.05, 0) is 49.6 Å². The van der Waals surface area contributed by atoms with Gasteiger partial charge in [0, 0.05) is 18.8 Å². The Morgan fingerprint density at radius 1 is 1.10 bits per heavy atom. The summed E-state index contributed by atoms with van der Waals surface area (Å²) in [6.45, 7) is 3.59. The van der Waals surface area contributed by atoms with E-state index in [1.807, 2.05) is 53.3 Å². The van der Waals surface area contributed by atoms with Crippen LogP contribution >= 0.6 is 0 Å². The average molecular weight is 400 g/mol. The van der Waals surface area contributed by atoms with Crippen molar-refractivity contribution in [2.24, 2.45) is 0 Å². The summed E-state index contributed by atoms with van der Waals surface area (Å²) in [6.07, 6.45) is 4.18. The number of para-hydroxylation sites is 1. The monoisotopic (exact) mass is 400 g/mol. The number of nitrogens with zero attached hydrogens (tertiary/aromatic N) is 4. The molecule has 1 aliphatic rings. The zero-order chi connectivity index (χ0) is 20.3. The standard InChI is InChI=1S/C23H24N6O/c1-16-7-5-8-17(13-16)26-21-20-15-25-29(18-9-3-2-4-10-18)22(20)28-23(27-21)24-14-19-11-6-12-30-19/h2-5,7-10,13,15,19H,6,11-12,14H2,1H3,(H2,24,26,27,28). The lowest BCUT2D eigenvalue weighted by Crippen LogP contribution is -2.20. The highest BCUT2D eigenvalue weighted by atomic mass is 16.5. The highest BCUT2D eigenvalue weighted by Crippen LogP contribution is 2.27. The van der Waals surface area contributed by atoms with Crippen LogP contribution in [0.3, 0.4) is 0 Å². The summed E-state index contributed by atoms with van der Waals surface area (Å²) < 4.78 is 7.57. The normalized spacial score (nSPS) is 16.1. The fourth-order valence-corrected chi connectivity index (χ4v) is 3.71. The molecule has 5 rings (SSSR count). The van der Waals surface area contributed by atoms with E-state index in [4.69, 9.17) is 14.7 Å². The van der Waals surface area contributed by atoms with Crippen molar-refractivity contribution >= 4 is 28.5 Å². The number of aryl methyl sites for hydroxylation is 1. The van der Waals surface area contributed by atoms with Gasteiger partial charge in [0.1, 0.15) is 5.82 Å². The predicted molar refractivity (Wildman–Crippen MR) is 119 cm³/mol. The first-order valence-corrected chi connectivity index (χ1v) is 10.3. The van der Waals surface area contributed by atoms with Gasteiger partial charge in [-0.15, -0.1) is 0 Å². The molecule has 0 spiro atoms. The van der Waals surface area contributed by atoms with Gasteiger partial charge < -0.3 is 15.4 Å². The summed E-state index contributed by atoms with van der Waals surface area (Å²) in [4.78, 5) is 9.53. The van der Waals surface area contributed by atoms with Crippen LogP contribution in [0.25, 0.3) is 16.7 Å². The van der Waals surface area contributed by atoms with Gasteiger partial charge in [-0.1, -0.05) is 30.3 Å². The Kier molecular flexibility index (Phi) is 5.03. The van der Waals surface area contributed by atoms with Crippen LogP contribution in [0.1, 0.15) is 18.4 Å². The van der Waals surface area contributed by atoms with Gasteiger partial charge in [0.05, 0.1) is 23.4 Å². The average Bonchev–Trinajstić information content (AvgIpc) is 3.43. The molecule has 1 saturated heterocycles. The maximum absolute atomic E-state index is 5.73. The molecule has 2 aromatic heterocycles. The first-order valence-electron chi connectivity index (χ1n) is 10.3. The summed E-state index contributed by atoms with van der Waals surface area (Å²) in [7, 11) is 0. The van der Waals surface area contributed by atoms with Crippen molar-refractivity contribution in [2.75, 3.05) is 23.8 Å². The van der Waals surface area contributed by atoms with Crippen molar-refractivity contribution in [3.63, 3.8) is 0 Å². The Hall–Kier alpha value is -3.45. The summed E-state index contributed by atoms with van der Waals surface area (Å²) in [5, 5.41) is 12.3. The molecule has 4 aromatic rings. The minimum absolute atomic E-state index is 0.205.